The fraction of sp³-hybridized carbons (Fsp3) is 0.800. The van der Waals surface area contributed by atoms with Gasteiger partial charge in [-0.2, -0.15) is 15.0 Å². The van der Waals surface area contributed by atoms with Gasteiger partial charge in [-0.25, -0.2) is 0 Å². The summed E-state index contributed by atoms with van der Waals surface area (Å²) in [7, 11) is 0. The highest BCUT2D eigenvalue weighted by atomic mass is 35.5. The van der Waals surface area contributed by atoms with E-state index in [-0.39, 0.29) is 16.6 Å². The standard InChI is InChI=1S/C15H25Cl2N3O/c1-2-3-4-5-6-7-8-9-10-11-12-21-15-19-13(16)18-14(17)20-15/h2-12H2,1H3. The summed E-state index contributed by atoms with van der Waals surface area (Å²) in [5.41, 5.74) is 0. The maximum atomic E-state index is 5.67. The van der Waals surface area contributed by atoms with Crippen LogP contribution in [0, 0.1) is 0 Å². The highest BCUT2D eigenvalue weighted by Gasteiger charge is 2.03. The van der Waals surface area contributed by atoms with Crippen LogP contribution in [0.3, 0.4) is 0 Å². The molecule has 1 rings (SSSR count). The van der Waals surface area contributed by atoms with E-state index >= 15 is 0 Å². The molecule has 1 aromatic heterocycles. The quantitative estimate of drug-likeness (QED) is 0.475. The summed E-state index contributed by atoms with van der Waals surface area (Å²) in [6, 6.07) is 0.205. The predicted octanol–water partition coefficient (Wildman–Crippen LogP) is 5.48. The second-order valence-corrected chi connectivity index (χ2v) is 5.86. The van der Waals surface area contributed by atoms with Gasteiger partial charge in [-0.3, -0.25) is 0 Å². The van der Waals surface area contributed by atoms with Gasteiger partial charge in [-0.1, -0.05) is 64.7 Å². The van der Waals surface area contributed by atoms with Crippen molar-refractivity contribution in [2.75, 3.05) is 6.61 Å². The minimum absolute atomic E-state index is 0.0630. The second kappa shape index (κ2) is 12.0. The van der Waals surface area contributed by atoms with Crippen LogP contribution in [0.1, 0.15) is 71.1 Å². The number of ether oxygens (including phenoxy) is 1. The Balaban J connectivity index is 1.93. The Labute approximate surface area is 137 Å². The van der Waals surface area contributed by atoms with Crippen molar-refractivity contribution in [3.8, 4) is 6.01 Å². The molecule has 0 aliphatic rings. The van der Waals surface area contributed by atoms with Crippen molar-refractivity contribution in [1.29, 1.82) is 0 Å². The summed E-state index contributed by atoms with van der Waals surface area (Å²) in [6.45, 7) is 2.84. The van der Waals surface area contributed by atoms with Gasteiger partial charge in [0, 0.05) is 0 Å². The third-order valence-corrected chi connectivity index (χ3v) is 3.63. The molecule has 1 heterocycles. The topological polar surface area (TPSA) is 47.9 Å². The van der Waals surface area contributed by atoms with Crippen molar-refractivity contribution in [3.05, 3.63) is 10.6 Å². The smallest absolute Gasteiger partial charge is 0.322 e. The minimum Gasteiger partial charge on any atom is -0.463 e. The lowest BCUT2D eigenvalue weighted by Crippen LogP contribution is -2.02. The first-order valence-corrected chi connectivity index (χ1v) is 8.68. The number of halogens is 2. The van der Waals surface area contributed by atoms with Gasteiger partial charge in [-0.05, 0) is 29.6 Å². The van der Waals surface area contributed by atoms with Crippen molar-refractivity contribution in [1.82, 2.24) is 15.0 Å². The summed E-state index contributed by atoms with van der Waals surface area (Å²) >= 11 is 11.3. The zero-order valence-corrected chi connectivity index (χ0v) is 14.3. The third-order valence-electron chi connectivity index (χ3n) is 3.29. The van der Waals surface area contributed by atoms with Crippen LogP contribution in [0.4, 0.5) is 0 Å². The summed E-state index contributed by atoms with van der Waals surface area (Å²) in [5, 5.41) is 0.126. The van der Waals surface area contributed by atoms with Crippen molar-refractivity contribution < 1.29 is 4.74 Å². The van der Waals surface area contributed by atoms with Crippen molar-refractivity contribution in [2.24, 2.45) is 0 Å². The van der Waals surface area contributed by atoms with Crippen LogP contribution >= 0.6 is 23.2 Å². The van der Waals surface area contributed by atoms with E-state index in [1.807, 2.05) is 0 Å². The van der Waals surface area contributed by atoms with Gasteiger partial charge >= 0.3 is 6.01 Å². The van der Waals surface area contributed by atoms with E-state index in [0.29, 0.717) is 6.61 Å². The van der Waals surface area contributed by atoms with Crippen LogP contribution in [0.2, 0.25) is 10.6 Å². The molecule has 0 unspecified atom stereocenters. The molecule has 0 N–H and O–H groups in total. The zero-order chi connectivity index (χ0) is 15.3. The van der Waals surface area contributed by atoms with E-state index in [4.69, 9.17) is 27.9 Å². The average Bonchev–Trinajstić information content (AvgIpc) is 2.44. The lowest BCUT2D eigenvalue weighted by atomic mass is 10.1. The van der Waals surface area contributed by atoms with Gasteiger partial charge in [0.05, 0.1) is 6.61 Å². The Morgan fingerprint density at radius 1 is 0.714 bits per heavy atom. The molecule has 0 aliphatic heterocycles. The molecule has 0 aliphatic carbocycles. The molecule has 120 valence electrons. The Morgan fingerprint density at radius 3 is 1.71 bits per heavy atom. The number of unbranched alkanes of at least 4 members (excludes halogenated alkanes) is 9. The molecule has 0 bridgehead atoms. The van der Waals surface area contributed by atoms with Gasteiger partial charge in [0.2, 0.25) is 10.6 Å². The van der Waals surface area contributed by atoms with Gasteiger partial charge in [0.25, 0.3) is 0 Å². The predicted molar refractivity (Wildman–Crippen MR) is 87.2 cm³/mol. The number of rotatable bonds is 12. The summed E-state index contributed by atoms with van der Waals surface area (Å²) in [4.78, 5) is 11.4. The highest BCUT2D eigenvalue weighted by Crippen LogP contribution is 2.13. The van der Waals surface area contributed by atoms with Gasteiger partial charge < -0.3 is 4.74 Å². The molecule has 0 aromatic carbocycles. The Bertz CT molecular complexity index is 371. The number of aromatic nitrogens is 3. The van der Waals surface area contributed by atoms with E-state index in [0.717, 1.165) is 6.42 Å². The molecule has 0 spiro atoms. The van der Waals surface area contributed by atoms with Crippen molar-refractivity contribution >= 4 is 23.2 Å². The fourth-order valence-corrected chi connectivity index (χ4v) is 2.47. The molecule has 1 aromatic rings. The first kappa shape index (κ1) is 18.4. The zero-order valence-electron chi connectivity index (χ0n) is 12.8. The van der Waals surface area contributed by atoms with Gasteiger partial charge in [0.15, 0.2) is 0 Å². The van der Waals surface area contributed by atoms with Crippen molar-refractivity contribution in [3.63, 3.8) is 0 Å². The molecule has 4 nitrogen and oxygen atoms in total. The molecule has 0 amide bonds. The fourth-order valence-electron chi connectivity index (χ4n) is 2.13. The molecule has 0 saturated heterocycles. The average molecular weight is 334 g/mol. The van der Waals surface area contributed by atoms with Crippen molar-refractivity contribution in [2.45, 2.75) is 71.1 Å². The maximum Gasteiger partial charge on any atom is 0.322 e. The summed E-state index contributed by atoms with van der Waals surface area (Å²) < 4.78 is 5.41. The maximum absolute atomic E-state index is 5.67. The van der Waals surface area contributed by atoms with Crippen LogP contribution in [0.15, 0.2) is 0 Å². The molecule has 21 heavy (non-hydrogen) atoms. The van der Waals surface area contributed by atoms with E-state index in [1.54, 1.807) is 0 Å². The molecule has 0 fully saturated rings. The van der Waals surface area contributed by atoms with E-state index in [1.165, 1.54) is 57.8 Å². The van der Waals surface area contributed by atoms with Crippen LogP contribution in [0.25, 0.3) is 0 Å². The monoisotopic (exact) mass is 333 g/mol. The number of hydrogen-bond donors (Lipinski definition) is 0. The van der Waals surface area contributed by atoms with Crippen LogP contribution in [-0.2, 0) is 0 Å². The van der Waals surface area contributed by atoms with Crippen LogP contribution in [0.5, 0.6) is 6.01 Å². The molecule has 6 heteroatoms. The lowest BCUT2D eigenvalue weighted by Gasteiger charge is -2.04. The Hall–Kier alpha value is -0.610. The Morgan fingerprint density at radius 2 is 1.19 bits per heavy atom. The molecular formula is C15H25Cl2N3O. The van der Waals surface area contributed by atoms with E-state index in [2.05, 4.69) is 21.9 Å². The molecular weight excluding hydrogens is 309 g/mol. The SMILES string of the molecule is CCCCCCCCCCCCOc1nc(Cl)nc(Cl)n1. The van der Waals surface area contributed by atoms with Crippen LogP contribution < -0.4 is 4.74 Å². The Kier molecular flexibility index (Phi) is 10.5. The van der Waals surface area contributed by atoms with E-state index < -0.39 is 0 Å². The number of nitrogens with zero attached hydrogens (tertiary/aromatic N) is 3. The van der Waals surface area contributed by atoms with Gasteiger partial charge in [0.1, 0.15) is 0 Å². The summed E-state index contributed by atoms with van der Waals surface area (Å²) in [6.07, 6.45) is 12.9. The third kappa shape index (κ3) is 9.86. The van der Waals surface area contributed by atoms with Crippen LogP contribution in [-0.4, -0.2) is 21.6 Å². The normalized spacial score (nSPS) is 10.8. The first-order valence-electron chi connectivity index (χ1n) is 7.92. The second-order valence-electron chi connectivity index (χ2n) is 5.19. The molecule has 0 atom stereocenters. The summed E-state index contributed by atoms with van der Waals surface area (Å²) in [5.74, 6) is 0. The first-order chi connectivity index (χ1) is 10.2. The largest absolute Gasteiger partial charge is 0.463 e. The molecule has 0 radical (unpaired) electrons. The highest BCUT2D eigenvalue weighted by molar-refractivity contribution is 6.31. The number of hydrogen-bond acceptors (Lipinski definition) is 4. The lowest BCUT2D eigenvalue weighted by molar-refractivity contribution is 0.280. The minimum atomic E-state index is 0.0630. The van der Waals surface area contributed by atoms with Gasteiger partial charge in [-0.15, -0.1) is 0 Å². The van der Waals surface area contributed by atoms with E-state index in [9.17, 15) is 0 Å². The molecule has 0 saturated carbocycles.